The Morgan fingerprint density at radius 3 is 2.63 bits per heavy atom. The fourth-order valence-electron chi connectivity index (χ4n) is 6.09. The zero-order chi connectivity index (χ0) is 24.2. The minimum absolute atomic E-state index is 0.315. The molecule has 6 rings (SSSR count). The number of fused-ring (bicyclic) bond motifs is 3. The van der Waals surface area contributed by atoms with Crippen LogP contribution in [0, 0.1) is 25.7 Å². The Balaban J connectivity index is 1.15. The maximum atomic E-state index is 11.7. The smallest absolute Gasteiger partial charge is 0.150 e. The lowest BCUT2D eigenvalue weighted by Gasteiger charge is -2.22. The molecule has 0 amide bonds. The molecule has 0 bridgehead atoms. The van der Waals surface area contributed by atoms with E-state index in [1.807, 2.05) is 0 Å². The Hall–Kier alpha value is -2.66. The van der Waals surface area contributed by atoms with Crippen LogP contribution in [0.3, 0.4) is 0 Å². The maximum absolute atomic E-state index is 11.7. The average molecular weight is 488 g/mol. The predicted octanol–water partition coefficient (Wildman–Crippen LogP) is 5.97. The molecule has 0 N–H and O–H groups in total. The van der Waals surface area contributed by atoms with Crippen molar-refractivity contribution in [2.75, 3.05) is 11.5 Å². The molecule has 1 saturated heterocycles. The lowest BCUT2D eigenvalue weighted by Crippen LogP contribution is -2.24. The summed E-state index contributed by atoms with van der Waals surface area (Å²) < 4.78 is 29.7. The van der Waals surface area contributed by atoms with Crippen LogP contribution in [-0.2, 0) is 29.3 Å². The minimum atomic E-state index is -2.82. The zero-order valence-corrected chi connectivity index (χ0v) is 21.4. The first kappa shape index (κ1) is 22.8. The number of rotatable bonds is 6. The predicted molar refractivity (Wildman–Crippen MR) is 140 cm³/mol. The number of aryl methyl sites for hydroxylation is 1. The Bertz CT molecular complexity index is 1380. The molecule has 5 heteroatoms. The van der Waals surface area contributed by atoms with E-state index in [-0.39, 0.29) is 0 Å². The van der Waals surface area contributed by atoms with Crippen LogP contribution in [0.25, 0.3) is 11.1 Å². The van der Waals surface area contributed by atoms with Crippen LogP contribution < -0.4 is 4.74 Å². The van der Waals surface area contributed by atoms with Crippen LogP contribution in [0.15, 0.2) is 48.5 Å². The molecule has 0 radical (unpaired) electrons. The van der Waals surface area contributed by atoms with Crippen molar-refractivity contribution in [1.82, 2.24) is 4.98 Å². The summed E-state index contributed by atoms with van der Waals surface area (Å²) >= 11 is 0. The fourth-order valence-corrected chi connectivity index (χ4v) is 7.68. The maximum Gasteiger partial charge on any atom is 0.150 e. The average Bonchev–Trinajstić information content (AvgIpc) is 3.51. The number of hydrogen-bond donors (Lipinski definition) is 0. The molecule has 182 valence electrons. The van der Waals surface area contributed by atoms with Crippen molar-refractivity contribution in [2.24, 2.45) is 11.8 Å². The van der Waals surface area contributed by atoms with Gasteiger partial charge in [-0.05, 0) is 110 Å². The summed E-state index contributed by atoms with van der Waals surface area (Å²) in [6, 6.07) is 17.4. The number of ether oxygens (including phenoxy) is 1. The third-order valence-corrected chi connectivity index (χ3v) is 10.1. The third-order valence-electron chi connectivity index (χ3n) is 8.36. The van der Waals surface area contributed by atoms with E-state index in [9.17, 15) is 8.42 Å². The molecule has 1 saturated carbocycles. The Morgan fingerprint density at radius 1 is 1.00 bits per heavy atom. The van der Waals surface area contributed by atoms with Gasteiger partial charge in [0.05, 0.1) is 11.5 Å². The molecule has 2 aliphatic carbocycles. The van der Waals surface area contributed by atoms with E-state index < -0.39 is 9.84 Å². The number of hydrogen-bond acceptors (Lipinski definition) is 4. The second-order valence-electron chi connectivity index (χ2n) is 10.8. The van der Waals surface area contributed by atoms with Gasteiger partial charge in [-0.25, -0.2) is 8.42 Å². The van der Waals surface area contributed by atoms with Gasteiger partial charge in [0.25, 0.3) is 0 Å². The highest BCUT2D eigenvalue weighted by Crippen LogP contribution is 2.56. The van der Waals surface area contributed by atoms with Crippen molar-refractivity contribution < 1.29 is 13.2 Å². The van der Waals surface area contributed by atoms with Crippen molar-refractivity contribution in [3.8, 4) is 16.9 Å². The van der Waals surface area contributed by atoms with Crippen LogP contribution >= 0.6 is 0 Å². The highest BCUT2D eigenvalue weighted by atomic mass is 32.2. The molecule has 3 aromatic rings. The number of nitrogens with zero attached hydrogens (tertiary/aromatic N) is 1. The molecule has 2 fully saturated rings. The summed E-state index contributed by atoms with van der Waals surface area (Å²) in [6.45, 7) is 4.79. The highest BCUT2D eigenvalue weighted by Gasteiger charge is 2.44. The SMILES string of the molecule is Cc1nc(CC2CCS(=O)(=O)CC2)ccc1-c1cccc(COc2ccc3c(c2)CC2CC32)c1C. The normalized spacial score (nSPS) is 22.5. The van der Waals surface area contributed by atoms with Gasteiger partial charge in [0.15, 0.2) is 0 Å². The second-order valence-corrected chi connectivity index (χ2v) is 13.1. The van der Waals surface area contributed by atoms with Gasteiger partial charge in [0, 0.05) is 17.0 Å². The third kappa shape index (κ3) is 4.63. The number of aromatic nitrogens is 1. The quantitative estimate of drug-likeness (QED) is 0.430. The Labute approximate surface area is 208 Å². The van der Waals surface area contributed by atoms with Gasteiger partial charge in [0.1, 0.15) is 22.2 Å². The molecule has 1 aromatic heterocycles. The summed E-state index contributed by atoms with van der Waals surface area (Å²) in [6.07, 6.45) is 4.94. The molecule has 35 heavy (non-hydrogen) atoms. The van der Waals surface area contributed by atoms with E-state index in [0.29, 0.717) is 24.0 Å². The van der Waals surface area contributed by atoms with Crippen LogP contribution in [0.1, 0.15) is 58.8 Å². The monoisotopic (exact) mass is 487 g/mol. The minimum Gasteiger partial charge on any atom is -0.489 e. The van der Waals surface area contributed by atoms with Crippen LogP contribution in [0.4, 0.5) is 0 Å². The Kier molecular flexibility index (Phi) is 5.71. The van der Waals surface area contributed by atoms with Gasteiger partial charge >= 0.3 is 0 Å². The van der Waals surface area contributed by atoms with Crippen LogP contribution in [-0.4, -0.2) is 24.9 Å². The molecule has 0 spiro atoms. The van der Waals surface area contributed by atoms with Crippen molar-refractivity contribution in [3.63, 3.8) is 0 Å². The number of benzene rings is 2. The van der Waals surface area contributed by atoms with Crippen molar-refractivity contribution in [2.45, 2.75) is 58.5 Å². The van der Waals surface area contributed by atoms with Gasteiger partial charge in [0.2, 0.25) is 0 Å². The molecule has 2 heterocycles. The Morgan fingerprint density at radius 2 is 1.83 bits per heavy atom. The first-order chi connectivity index (χ1) is 16.9. The zero-order valence-electron chi connectivity index (χ0n) is 20.6. The standard InChI is InChI=1S/C30H33NO3S/c1-19-22(18-34-26-7-9-29-23(16-26)15-24-17-30(24)29)4-3-5-27(19)28-8-6-25(31-20(28)2)14-21-10-12-35(32,33)13-11-21/h3-9,16,21,24,30H,10-15,17-18H2,1-2H3. The molecule has 2 unspecified atom stereocenters. The molecule has 1 aliphatic heterocycles. The summed E-state index contributed by atoms with van der Waals surface area (Å²) in [5.74, 6) is 3.71. The molecular weight excluding hydrogens is 454 g/mol. The van der Waals surface area contributed by atoms with Crippen LogP contribution in [0.2, 0.25) is 0 Å². The lowest BCUT2D eigenvalue weighted by atomic mass is 9.93. The fraction of sp³-hybridized carbons (Fsp3) is 0.433. The summed E-state index contributed by atoms with van der Waals surface area (Å²) in [5, 5.41) is 0. The van der Waals surface area contributed by atoms with Crippen molar-refractivity contribution in [3.05, 3.63) is 82.2 Å². The second kappa shape index (κ2) is 8.77. The van der Waals surface area contributed by atoms with E-state index in [0.717, 1.165) is 53.8 Å². The lowest BCUT2D eigenvalue weighted by molar-refractivity contribution is 0.305. The van der Waals surface area contributed by atoms with Gasteiger partial charge < -0.3 is 4.74 Å². The van der Waals surface area contributed by atoms with Crippen LogP contribution in [0.5, 0.6) is 5.75 Å². The highest BCUT2D eigenvalue weighted by molar-refractivity contribution is 7.91. The molecule has 2 atom stereocenters. The number of pyridine rings is 1. The summed E-state index contributed by atoms with van der Waals surface area (Å²) in [7, 11) is -2.82. The van der Waals surface area contributed by atoms with Gasteiger partial charge in [-0.15, -0.1) is 0 Å². The van der Waals surface area contributed by atoms with Crippen molar-refractivity contribution in [1.29, 1.82) is 0 Å². The molecule has 3 aliphatic rings. The molecule has 2 aromatic carbocycles. The molecule has 4 nitrogen and oxygen atoms in total. The van der Waals surface area contributed by atoms with Gasteiger partial charge in [-0.3, -0.25) is 4.98 Å². The van der Waals surface area contributed by atoms with E-state index in [2.05, 4.69) is 62.4 Å². The number of sulfone groups is 1. The largest absolute Gasteiger partial charge is 0.489 e. The van der Waals surface area contributed by atoms with E-state index in [1.54, 1.807) is 5.56 Å². The van der Waals surface area contributed by atoms with E-state index >= 15 is 0 Å². The van der Waals surface area contributed by atoms with Crippen molar-refractivity contribution >= 4 is 9.84 Å². The van der Waals surface area contributed by atoms with E-state index in [1.165, 1.54) is 35.1 Å². The van der Waals surface area contributed by atoms with Gasteiger partial charge in [-0.1, -0.05) is 30.3 Å². The molecular formula is C30H33NO3S. The first-order valence-electron chi connectivity index (χ1n) is 12.9. The van der Waals surface area contributed by atoms with Gasteiger partial charge in [-0.2, -0.15) is 0 Å². The first-order valence-corrected chi connectivity index (χ1v) is 14.7. The van der Waals surface area contributed by atoms with E-state index in [4.69, 9.17) is 9.72 Å². The summed E-state index contributed by atoms with van der Waals surface area (Å²) in [5.41, 5.74) is 9.86. The summed E-state index contributed by atoms with van der Waals surface area (Å²) in [4.78, 5) is 4.91. The topological polar surface area (TPSA) is 56.3 Å².